The van der Waals surface area contributed by atoms with Gasteiger partial charge in [0.2, 0.25) is 0 Å². The molecule has 0 spiro atoms. The summed E-state index contributed by atoms with van der Waals surface area (Å²) >= 11 is 0. The molecule has 0 fully saturated rings. The first kappa shape index (κ1) is 26.1. The molecule has 15 heteroatoms. The van der Waals surface area contributed by atoms with E-state index in [1.807, 2.05) is 0 Å². The van der Waals surface area contributed by atoms with Crippen LogP contribution in [0.4, 0.5) is 14.5 Å². The van der Waals surface area contributed by atoms with E-state index < -0.39 is 48.8 Å². The number of nitrogens with zero attached hydrogens (tertiary/aromatic N) is 1. The smallest absolute Gasteiger partial charge is 0.320 e. The van der Waals surface area contributed by atoms with Gasteiger partial charge in [-0.25, -0.2) is 0 Å². The summed E-state index contributed by atoms with van der Waals surface area (Å²) in [5.74, 6) is 0. The summed E-state index contributed by atoms with van der Waals surface area (Å²) in [6.45, 7) is 0. The molecule has 0 heterocycles. The summed E-state index contributed by atoms with van der Waals surface area (Å²) in [5.41, 5.74) is -6.62. The molecule has 0 aromatic heterocycles. The summed E-state index contributed by atoms with van der Waals surface area (Å²) in [6, 6.07) is 10.2. The quantitative estimate of drug-likeness (QED) is 0.381. The van der Waals surface area contributed by atoms with Crippen LogP contribution in [0, 0.1) is 0 Å². The van der Waals surface area contributed by atoms with Crippen LogP contribution in [-0.2, 0) is 39.2 Å². The molecule has 2 aromatic rings. The third-order valence-electron chi connectivity index (χ3n) is 4.02. The molecular formula is C17H18F2NO9PS2. The molecule has 0 aliphatic rings. The Kier molecular flexibility index (Phi) is 7.62. The van der Waals surface area contributed by atoms with Crippen molar-refractivity contribution in [2.75, 3.05) is 17.9 Å². The van der Waals surface area contributed by atoms with Crippen molar-refractivity contribution in [3.8, 4) is 0 Å². The summed E-state index contributed by atoms with van der Waals surface area (Å²) in [5, 5.41) is 0. The Bertz CT molecular complexity index is 1230. The van der Waals surface area contributed by atoms with Crippen LogP contribution < -0.4 is 3.71 Å². The third kappa shape index (κ3) is 5.41. The first-order valence-electron chi connectivity index (χ1n) is 8.40. The Balaban J connectivity index is 2.86. The van der Waals surface area contributed by atoms with Gasteiger partial charge in [0.1, 0.15) is 0 Å². The minimum absolute atomic E-state index is 0.222. The molecule has 0 amide bonds. The fourth-order valence-electron chi connectivity index (χ4n) is 2.44. The van der Waals surface area contributed by atoms with Crippen molar-refractivity contribution in [2.45, 2.75) is 5.66 Å². The van der Waals surface area contributed by atoms with Crippen LogP contribution in [0.2, 0.25) is 0 Å². The second-order valence-corrected chi connectivity index (χ2v) is 11.0. The molecule has 2 aromatic carbocycles. The van der Waals surface area contributed by atoms with Gasteiger partial charge in [0, 0.05) is 11.1 Å². The van der Waals surface area contributed by atoms with Crippen LogP contribution in [0.15, 0.2) is 48.5 Å². The van der Waals surface area contributed by atoms with Gasteiger partial charge in [-0.15, -0.1) is 3.71 Å². The zero-order chi connectivity index (χ0) is 24.4. The van der Waals surface area contributed by atoms with Gasteiger partial charge in [0.05, 0.1) is 19.9 Å². The van der Waals surface area contributed by atoms with Crippen molar-refractivity contribution < 1.29 is 48.3 Å². The molecule has 2 rings (SSSR count). The predicted octanol–water partition coefficient (Wildman–Crippen LogP) is 2.67. The normalized spacial score (nSPS) is 13.4. The summed E-state index contributed by atoms with van der Waals surface area (Å²) in [7, 11) is -15.1. The minimum Gasteiger partial charge on any atom is -0.320 e. The Morgan fingerprint density at radius 2 is 1.47 bits per heavy atom. The van der Waals surface area contributed by atoms with Crippen LogP contribution in [0.3, 0.4) is 0 Å². The summed E-state index contributed by atoms with van der Waals surface area (Å²) < 4.78 is 97.4. The fraction of sp³-hybridized carbons (Fsp3) is 0.176. The molecule has 0 saturated carbocycles. The van der Waals surface area contributed by atoms with Gasteiger partial charge in [-0.2, -0.15) is 25.6 Å². The number of benzene rings is 2. The minimum atomic E-state index is -6.05. The van der Waals surface area contributed by atoms with Crippen molar-refractivity contribution in [2.24, 2.45) is 0 Å². The van der Waals surface area contributed by atoms with E-state index in [1.54, 1.807) is 30.3 Å². The lowest BCUT2D eigenvalue weighted by molar-refractivity contribution is 0.0565. The van der Waals surface area contributed by atoms with Gasteiger partial charge < -0.3 is 9.79 Å². The average molecular weight is 513 g/mol. The molecular weight excluding hydrogens is 495 g/mol. The van der Waals surface area contributed by atoms with Crippen molar-refractivity contribution >= 4 is 46.0 Å². The van der Waals surface area contributed by atoms with E-state index >= 15 is 0 Å². The van der Waals surface area contributed by atoms with E-state index in [4.69, 9.17) is 9.79 Å². The maximum atomic E-state index is 14.3. The van der Waals surface area contributed by atoms with E-state index in [0.29, 0.717) is 31.9 Å². The molecule has 0 aliphatic heterocycles. The van der Waals surface area contributed by atoms with Crippen LogP contribution in [0.1, 0.15) is 16.7 Å². The molecule has 2 N–H and O–H groups in total. The number of rotatable bonds is 9. The van der Waals surface area contributed by atoms with E-state index in [1.165, 1.54) is 12.2 Å². The second-order valence-electron chi connectivity index (χ2n) is 6.05. The third-order valence-corrected chi connectivity index (χ3v) is 8.16. The molecule has 176 valence electrons. The molecule has 10 nitrogen and oxygen atoms in total. The summed E-state index contributed by atoms with van der Waals surface area (Å²) in [4.78, 5) is 18.0. The van der Waals surface area contributed by atoms with Gasteiger partial charge in [-0.05, 0) is 11.6 Å². The van der Waals surface area contributed by atoms with E-state index in [-0.39, 0.29) is 5.56 Å². The van der Waals surface area contributed by atoms with Gasteiger partial charge in [-0.1, -0.05) is 54.6 Å². The van der Waals surface area contributed by atoms with Crippen molar-refractivity contribution in [3.05, 3.63) is 65.2 Å². The van der Waals surface area contributed by atoms with Gasteiger partial charge >= 0.3 is 33.9 Å². The van der Waals surface area contributed by atoms with Gasteiger partial charge in [0.25, 0.3) is 0 Å². The second kappa shape index (κ2) is 9.35. The number of alkyl halides is 2. The van der Waals surface area contributed by atoms with Gasteiger partial charge in [0.15, 0.2) is 0 Å². The van der Waals surface area contributed by atoms with Gasteiger partial charge in [-0.3, -0.25) is 12.9 Å². The standard InChI is InChI=1S/C17H18F2NO9PS2/c1-28-31(24,25)20(32(26,27)29-2)16-12-15(17(18,19)30(21,22)23)11-10-14(16)9-8-13-6-4-3-5-7-13/h3-12H,1-2H3,(H2,21,22,23)/b9-8+. The lowest BCUT2D eigenvalue weighted by Gasteiger charge is -2.25. The molecule has 0 saturated heterocycles. The largest absolute Gasteiger partial charge is 0.399 e. The highest BCUT2D eigenvalue weighted by Gasteiger charge is 2.51. The first-order chi connectivity index (χ1) is 14.7. The molecule has 0 radical (unpaired) electrons. The SMILES string of the molecule is COS(=O)(=O)N(c1cc(C(F)(F)P(=O)(O)O)ccc1/C=C/c1ccccc1)S(=O)(=O)OC. The number of anilines is 1. The highest BCUT2D eigenvalue weighted by atomic mass is 32.3. The van der Waals surface area contributed by atoms with Crippen molar-refractivity contribution in [1.82, 2.24) is 0 Å². The highest BCUT2D eigenvalue weighted by molar-refractivity contribution is 8.06. The Hall–Kier alpha value is -2.19. The number of halogens is 2. The summed E-state index contributed by atoms with van der Waals surface area (Å²) in [6.07, 6.45) is 2.64. The maximum absolute atomic E-state index is 14.3. The zero-order valence-electron chi connectivity index (χ0n) is 16.5. The van der Waals surface area contributed by atoms with Crippen LogP contribution in [0.5, 0.6) is 0 Å². The number of hydrogen-bond donors (Lipinski definition) is 2. The zero-order valence-corrected chi connectivity index (χ0v) is 19.0. The lowest BCUT2D eigenvalue weighted by Crippen LogP contribution is -2.38. The average Bonchev–Trinajstić information content (AvgIpc) is 2.72. The predicted molar refractivity (Wildman–Crippen MR) is 112 cm³/mol. The maximum Gasteiger partial charge on any atom is 0.399 e. The van der Waals surface area contributed by atoms with Crippen molar-refractivity contribution in [3.63, 3.8) is 0 Å². The Morgan fingerprint density at radius 1 is 0.938 bits per heavy atom. The first-order valence-corrected chi connectivity index (χ1v) is 12.7. The fourth-order valence-corrected chi connectivity index (χ4v) is 5.24. The highest BCUT2D eigenvalue weighted by Crippen LogP contribution is 2.59. The van der Waals surface area contributed by atoms with E-state index in [9.17, 15) is 30.2 Å². The molecule has 0 aliphatic carbocycles. The monoisotopic (exact) mass is 513 g/mol. The molecule has 32 heavy (non-hydrogen) atoms. The Morgan fingerprint density at radius 3 is 1.94 bits per heavy atom. The molecule has 0 atom stereocenters. The van der Waals surface area contributed by atoms with Crippen molar-refractivity contribution in [1.29, 1.82) is 0 Å². The molecule has 0 unspecified atom stereocenters. The molecule has 0 bridgehead atoms. The Labute approximate surface area is 183 Å². The van der Waals surface area contributed by atoms with Crippen LogP contribution >= 0.6 is 7.60 Å². The topological polar surface area (TPSA) is 148 Å². The van der Waals surface area contributed by atoms with Crippen LogP contribution in [-0.4, -0.2) is 40.8 Å². The van der Waals surface area contributed by atoms with Crippen LogP contribution in [0.25, 0.3) is 12.2 Å². The van der Waals surface area contributed by atoms with E-state index in [2.05, 4.69) is 8.37 Å². The number of hydrogen-bond acceptors (Lipinski definition) is 7. The lowest BCUT2D eigenvalue weighted by atomic mass is 10.1. The van der Waals surface area contributed by atoms with E-state index in [0.717, 1.165) is 6.07 Å².